The second-order valence-electron chi connectivity index (χ2n) is 5.02. The molecule has 106 valence electrons. The molecule has 0 aromatic heterocycles. The van der Waals surface area contributed by atoms with Crippen LogP contribution < -0.4 is 10.1 Å². The summed E-state index contributed by atoms with van der Waals surface area (Å²) in [5.74, 6) is 0.930. The van der Waals surface area contributed by atoms with E-state index in [9.17, 15) is 0 Å². The van der Waals surface area contributed by atoms with Crippen molar-refractivity contribution in [1.82, 2.24) is 5.32 Å². The maximum absolute atomic E-state index is 5.47. The number of hydrogen-bond acceptors (Lipinski definition) is 2. The predicted octanol–water partition coefficient (Wildman–Crippen LogP) is 4.50. The van der Waals surface area contributed by atoms with Crippen LogP contribution in [0.5, 0.6) is 5.75 Å². The van der Waals surface area contributed by atoms with Crippen molar-refractivity contribution in [1.29, 1.82) is 0 Å². The van der Waals surface area contributed by atoms with E-state index >= 15 is 0 Å². The molecule has 0 amide bonds. The molecule has 1 N–H and O–H groups in total. The molecule has 0 aliphatic carbocycles. The number of hydrogen-bond donors (Lipinski definition) is 1. The Morgan fingerprint density at radius 2 is 1.40 bits per heavy atom. The first-order valence-electron chi connectivity index (χ1n) is 7.24. The Labute approximate surface area is 121 Å². The van der Waals surface area contributed by atoms with E-state index in [2.05, 4.69) is 55.6 Å². The standard InChI is InChI=1S/C18H23NO/c1-4-20-18-12-10-17(11-13-18)15(3)19-14(2)16-8-6-5-7-9-16/h5-15,19H,4H2,1-3H3. The highest BCUT2D eigenvalue weighted by Crippen LogP contribution is 2.21. The third-order valence-corrected chi connectivity index (χ3v) is 3.49. The van der Waals surface area contributed by atoms with Gasteiger partial charge in [-0.2, -0.15) is 0 Å². The van der Waals surface area contributed by atoms with Gasteiger partial charge in [-0.25, -0.2) is 0 Å². The zero-order valence-corrected chi connectivity index (χ0v) is 12.5. The van der Waals surface area contributed by atoms with Crippen LogP contribution in [0, 0.1) is 0 Å². The average molecular weight is 269 g/mol. The molecule has 2 unspecified atom stereocenters. The maximum atomic E-state index is 5.47. The summed E-state index contributed by atoms with van der Waals surface area (Å²) in [6.07, 6.45) is 0. The van der Waals surface area contributed by atoms with Crippen molar-refractivity contribution in [3.05, 3.63) is 65.7 Å². The molecule has 0 heterocycles. The molecular weight excluding hydrogens is 246 g/mol. The minimum atomic E-state index is 0.306. The monoisotopic (exact) mass is 269 g/mol. The first-order valence-corrected chi connectivity index (χ1v) is 7.24. The Balaban J connectivity index is 1.99. The third-order valence-electron chi connectivity index (χ3n) is 3.49. The summed E-state index contributed by atoms with van der Waals surface area (Å²) in [4.78, 5) is 0. The van der Waals surface area contributed by atoms with E-state index in [4.69, 9.17) is 4.74 Å². The molecule has 0 radical (unpaired) electrons. The van der Waals surface area contributed by atoms with Crippen LogP contribution in [-0.2, 0) is 0 Å². The van der Waals surface area contributed by atoms with E-state index in [0.717, 1.165) is 5.75 Å². The van der Waals surface area contributed by atoms with E-state index in [1.165, 1.54) is 11.1 Å². The Kier molecular flexibility index (Phi) is 5.19. The van der Waals surface area contributed by atoms with Crippen molar-refractivity contribution in [3.8, 4) is 5.75 Å². The molecule has 0 aliphatic heterocycles. The second-order valence-corrected chi connectivity index (χ2v) is 5.02. The van der Waals surface area contributed by atoms with Gasteiger partial charge in [0.05, 0.1) is 6.61 Å². The predicted molar refractivity (Wildman–Crippen MR) is 84.0 cm³/mol. The fraction of sp³-hybridized carbons (Fsp3) is 0.333. The minimum Gasteiger partial charge on any atom is -0.494 e. The molecule has 0 bridgehead atoms. The van der Waals surface area contributed by atoms with Crippen molar-refractivity contribution >= 4 is 0 Å². The SMILES string of the molecule is CCOc1ccc(C(C)NC(C)c2ccccc2)cc1. The maximum Gasteiger partial charge on any atom is 0.119 e. The fourth-order valence-electron chi connectivity index (χ4n) is 2.33. The van der Waals surface area contributed by atoms with Crippen molar-refractivity contribution in [2.75, 3.05) is 6.61 Å². The Morgan fingerprint density at radius 3 is 1.95 bits per heavy atom. The van der Waals surface area contributed by atoms with Crippen LogP contribution in [0.3, 0.4) is 0 Å². The van der Waals surface area contributed by atoms with E-state index in [1.54, 1.807) is 0 Å². The molecular formula is C18H23NO. The number of ether oxygens (including phenoxy) is 1. The number of rotatable bonds is 6. The molecule has 2 rings (SSSR count). The van der Waals surface area contributed by atoms with Gasteiger partial charge in [-0.1, -0.05) is 42.5 Å². The van der Waals surface area contributed by atoms with Gasteiger partial charge >= 0.3 is 0 Å². The minimum absolute atomic E-state index is 0.306. The summed E-state index contributed by atoms with van der Waals surface area (Å²) in [6, 6.07) is 19.5. The lowest BCUT2D eigenvalue weighted by Gasteiger charge is -2.21. The molecule has 0 aliphatic rings. The molecule has 0 fully saturated rings. The highest BCUT2D eigenvalue weighted by Gasteiger charge is 2.10. The smallest absolute Gasteiger partial charge is 0.119 e. The van der Waals surface area contributed by atoms with Gasteiger partial charge in [0, 0.05) is 12.1 Å². The topological polar surface area (TPSA) is 21.3 Å². The van der Waals surface area contributed by atoms with Crippen LogP contribution in [0.1, 0.15) is 44.0 Å². The van der Waals surface area contributed by atoms with Crippen LogP contribution >= 0.6 is 0 Å². The van der Waals surface area contributed by atoms with Crippen LogP contribution in [-0.4, -0.2) is 6.61 Å². The zero-order chi connectivity index (χ0) is 14.4. The van der Waals surface area contributed by atoms with Gasteiger partial charge in [-0.3, -0.25) is 0 Å². The first-order chi connectivity index (χ1) is 9.70. The second kappa shape index (κ2) is 7.11. The van der Waals surface area contributed by atoms with E-state index in [0.29, 0.717) is 18.7 Å². The Morgan fingerprint density at radius 1 is 0.850 bits per heavy atom. The van der Waals surface area contributed by atoms with Gasteiger partial charge < -0.3 is 10.1 Å². The summed E-state index contributed by atoms with van der Waals surface area (Å²) in [5, 5.41) is 3.62. The normalized spacial score (nSPS) is 13.8. The highest BCUT2D eigenvalue weighted by atomic mass is 16.5. The first kappa shape index (κ1) is 14.6. The number of nitrogens with one attached hydrogen (secondary N) is 1. The molecule has 2 aromatic rings. The highest BCUT2D eigenvalue weighted by molar-refractivity contribution is 5.29. The van der Waals surface area contributed by atoms with Crippen LogP contribution in [0.25, 0.3) is 0 Å². The molecule has 2 atom stereocenters. The molecule has 2 nitrogen and oxygen atoms in total. The quantitative estimate of drug-likeness (QED) is 0.834. The molecule has 0 saturated carbocycles. The summed E-state index contributed by atoms with van der Waals surface area (Å²) in [6.45, 7) is 7.09. The van der Waals surface area contributed by atoms with Gasteiger partial charge in [0.25, 0.3) is 0 Å². The average Bonchev–Trinajstić information content (AvgIpc) is 2.49. The van der Waals surface area contributed by atoms with Gasteiger partial charge in [0.1, 0.15) is 5.75 Å². The number of benzene rings is 2. The third kappa shape index (κ3) is 3.84. The molecule has 2 heteroatoms. The fourth-order valence-corrected chi connectivity index (χ4v) is 2.33. The summed E-state index contributed by atoms with van der Waals surface area (Å²) < 4.78 is 5.47. The lowest BCUT2D eigenvalue weighted by atomic mass is 10.0. The van der Waals surface area contributed by atoms with Gasteiger partial charge in [0.15, 0.2) is 0 Å². The van der Waals surface area contributed by atoms with Crippen molar-refractivity contribution in [3.63, 3.8) is 0 Å². The summed E-state index contributed by atoms with van der Waals surface area (Å²) in [7, 11) is 0. The largest absolute Gasteiger partial charge is 0.494 e. The summed E-state index contributed by atoms with van der Waals surface area (Å²) in [5.41, 5.74) is 2.58. The lowest BCUT2D eigenvalue weighted by Crippen LogP contribution is -2.22. The summed E-state index contributed by atoms with van der Waals surface area (Å²) >= 11 is 0. The molecule has 0 spiro atoms. The zero-order valence-electron chi connectivity index (χ0n) is 12.5. The van der Waals surface area contributed by atoms with Gasteiger partial charge in [-0.05, 0) is 44.0 Å². The van der Waals surface area contributed by atoms with Crippen molar-refractivity contribution in [2.24, 2.45) is 0 Å². The molecule has 20 heavy (non-hydrogen) atoms. The molecule has 0 saturated heterocycles. The van der Waals surface area contributed by atoms with Crippen LogP contribution in [0.15, 0.2) is 54.6 Å². The van der Waals surface area contributed by atoms with Crippen molar-refractivity contribution in [2.45, 2.75) is 32.9 Å². The Bertz CT molecular complexity index is 507. The molecule has 2 aromatic carbocycles. The van der Waals surface area contributed by atoms with E-state index in [1.807, 2.05) is 25.1 Å². The van der Waals surface area contributed by atoms with Crippen molar-refractivity contribution < 1.29 is 4.74 Å². The van der Waals surface area contributed by atoms with E-state index < -0.39 is 0 Å². The van der Waals surface area contributed by atoms with Crippen LogP contribution in [0.4, 0.5) is 0 Å². The Hall–Kier alpha value is -1.80. The van der Waals surface area contributed by atoms with E-state index in [-0.39, 0.29) is 0 Å². The van der Waals surface area contributed by atoms with Gasteiger partial charge in [0.2, 0.25) is 0 Å². The van der Waals surface area contributed by atoms with Gasteiger partial charge in [-0.15, -0.1) is 0 Å². The lowest BCUT2D eigenvalue weighted by molar-refractivity contribution is 0.340. The van der Waals surface area contributed by atoms with Crippen LogP contribution in [0.2, 0.25) is 0 Å².